The van der Waals surface area contributed by atoms with E-state index in [0.717, 1.165) is 33.8 Å². The number of nitrogens with zero attached hydrogens (tertiary/aromatic N) is 2. The lowest BCUT2D eigenvalue weighted by Gasteiger charge is -2.44. The van der Waals surface area contributed by atoms with Crippen molar-refractivity contribution in [3.8, 4) is 11.5 Å². The van der Waals surface area contributed by atoms with E-state index in [1.54, 1.807) is 32.4 Å². The molecule has 0 saturated heterocycles. The molecule has 3 aromatic rings. The zero-order valence-corrected chi connectivity index (χ0v) is 23.4. The van der Waals surface area contributed by atoms with E-state index in [2.05, 4.69) is 0 Å². The maximum absolute atomic E-state index is 15.2. The van der Waals surface area contributed by atoms with Gasteiger partial charge in [-0.1, -0.05) is 36.4 Å². The first-order chi connectivity index (χ1) is 18.7. The van der Waals surface area contributed by atoms with Crippen LogP contribution in [0.4, 0.5) is 4.39 Å². The highest BCUT2D eigenvalue weighted by atomic mass is 19.1. The Bertz CT molecular complexity index is 1330. The van der Waals surface area contributed by atoms with Crippen LogP contribution in [0.2, 0.25) is 0 Å². The molecule has 1 aliphatic rings. The number of hydrogen-bond acceptors (Lipinski definition) is 7. The van der Waals surface area contributed by atoms with Crippen LogP contribution >= 0.6 is 0 Å². The molecule has 1 aliphatic heterocycles. The maximum Gasteiger partial charge on any atom is 0.289 e. The number of aliphatic hydroxyl groups excluding tert-OH is 1. The van der Waals surface area contributed by atoms with Gasteiger partial charge in [0.25, 0.3) is 6.02 Å². The number of rotatable bonds is 9. The van der Waals surface area contributed by atoms with Gasteiger partial charge in [-0.05, 0) is 61.7 Å². The van der Waals surface area contributed by atoms with Crippen molar-refractivity contribution in [3.05, 3.63) is 94.3 Å². The maximum atomic E-state index is 15.2. The lowest BCUT2D eigenvalue weighted by atomic mass is 9.83. The molecule has 8 heteroatoms. The van der Waals surface area contributed by atoms with Gasteiger partial charge in [0, 0.05) is 24.8 Å². The van der Waals surface area contributed by atoms with Crippen LogP contribution in [0, 0.1) is 19.7 Å². The molecule has 1 heterocycles. The number of aliphatic hydroxyl groups is 1. The van der Waals surface area contributed by atoms with Crippen molar-refractivity contribution in [2.24, 2.45) is 4.99 Å². The number of ether oxygens (including phenoxy) is 4. The first kappa shape index (κ1) is 28.4. The minimum absolute atomic E-state index is 0.283. The second kappa shape index (κ2) is 12.1. The Kier molecular flexibility index (Phi) is 8.77. The average Bonchev–Trinajstić information content (AvgIpc) is 2.93. The van der Waals surface area contributed by atoms with Crippen LogP contribution in [-0.4, -0.2) is 56.2 Å². The molecule has 39 heavy (non-hydrogen) atoms. The van der Waals surface area contributed by atoms with E-state index >= 15 is 4.39 Å². The first-order valence-electron chi connectivity index (χ1n) is 12.9. The topological polar surface area (TPSA) is 72.8 Å². The van der Waals surface area contributed by atoms with Crippen LogP contribution < -0.4 is 9.47 Å². The molecule has 3 atom stereocenters. The van der Waals surface area contributed by atoms with Crippen LogP contribution in [0.1, 0.15) is 34.7 Å². The Morgan fingerprint density at radius 2 is 1.69 bits per heavy atom. The Morgan fingerprint density at radius 3 is 2.33 bits per heavy atom. The van der Waals surface area contributed by atoms with E-state index < -0.39 is 23.6 Å². The molecule has 0 saturated carbocycles. The van der Waals surface area contributed by atoms with Crippen molar-refractivity contribution in [1.29, 1.82) is 0 Å². The van der Waals surface area contributed by atoms with E-state index in [9.17, 15) is 5.11 Å². The van der Waals surface area contributed by atoms with Gasteiger partial charge in [-0.15, -0.1) is 0 Å². The van der Waals surface area contributed by atoms with Gasteiger partial charge in [0.05, 0.1) is 27.4 Å². The van der Waals surface area contributed by atoms with Crippen LogP contribution in [-0.2, 0) is 28.1 Å². The van der Waals surface area contributed by atoms with Gasteiger partial charge >= 0.3 is 0 Å². The largest absolute Gasteiger partial charge is 0.497 e. The molecule has 4 rings (SSSR count). The smallest absolute Gasteiger partial charge is 0.289 e. The molecule has 0 unspecified atom stereocenters. The lowest BCUT2D eigenvalue weighted by molar-refractivity contribution is -0.0883. The second-order valence-electron chi connectivity index (χ2n) is 9.98. The van der Waals surface area contributed by atoms with Crippen molar-refractivity contribution >= 4 is 6.02 Å². The fourth-order valence-electron chi connectivity index (χ4n) is 5.15. The number of amidine groups is 1. The van der Waals surface area contributed by atoms with Crippen LogP contribution in [0.5, 0.6) is 11.5 Å². The SMILES string of the molecule is COc1ccc(CN(Cc2ccc(C)cc2OC)C2=N[C@](C)(c3ccccc3F)[C@@H](OC)[C@@H](CO)O2)c(C)c1. The Hall–Kier alpha value is -3.62. The number of methoxy groups -OCH3 is 3. The van der Waals surface area contributed by atoms with E-state index in [0.29, 0.717) is 18.7 Å². The zero-order chi connectivity index (χ0) is 28.2. The lowest BCUT2D eigenvalue weighted by Crippen LogP contribution is -2.55. The standard InChI is InChI=1S/C31H37FN2O5/c1-20-11-12-23(27(15-20)37-5)18-34(17-22-13-14-24(36-4)16-21(22)2)30-33-31(3,25-9-7-8-10-26(25)32)29(38-6)28(19-35)39-30/h7-16,28-29,35H,17-19H2,1-6H3/t28-,29+,31-/m1/s1. The molecular weight excluding hydrogens is 499 g/mol. The van der Waals surface area contributed by atoms with Gasteiger partial charge in [-0.2, -0.15) is 0 Å². The van der Waals surface area contributed by atoms with Gasteiger partial charge in [0.15, 0.2) is 6.10 Å². The molecule has 1 N–H and O–H groups in total. The molecule has 7 nitrogen and oxygen atoms in total. The highest BCUT2D eigenvalue weighted by Crippen LogP contribution is 2.39. The predicted octanol–water partition coefficient (Wildman–Crippen LogP) is 5.14. The summed E-state index contributed by atoms with van der Waals surface area (Å²) in [4.78, 5) is 6.98. The van der Waals surface area contributed by atoms with Crippen molar-refractivity contribution in [2.75, 3.05) is 27.9 Å². The van der Waals surface area contributed by atoms with Crippen molar-refractivity contribution < 1.29 is 28.4 Å². The molecule has 0 radical (unpaired) electrons. The molecule has 0 aromatic heterocycles. The van der Waals surface area contributed by atoms with Gasteiger partial charge in [0.2, 0.25) is 0 Å². The zero-order valence-electron chi connectivity index (χ0n) is 23.4. The van der Waals surface area contributed by atoms with E-state index in [1.807, 2.05) is 62.1 Å². The summed E-state index contributed by atoms with van der Waals surface area (Å²) in [6.07, 6.45) is -1.49. The van der Waals surface area contributed by atoms with Crippen molar-refractivity contribution in [1.82, 2.24) is 4.90 Å². The fraction of sp³-hybridized carbons (Fsp3) is 0.387. The molecule has 3 aromatic carbocycles. The fourth-order valence-corrected chi connectivity index (χ4v) is 5.15. The first-order valence-corrected chi connectivity index (χ1v) is 12.9. The molecule has 208 valence electrons. The van der Waals surface area contributed by atoms with E-state index in [1.165, 1.54) is 13.2 Å². The summed E-state index contributed by atoms with van der Waals surface area (Å²) in [5.41, 5.74) is 3.29. The minimum Gasteiger partial charge on any atom is -0.497 e. The minimum atomic E-state index is -1.16. The third-order valence-corrected chi connectivity index (χ3v) is 7.31. The highest BCUT2D eigenvalue weighted by Gasteiger charge is 2.48. The molecular formula is C31H37FN2O5. The highest BCUT2D eigenvalue weighted by molar-refractivity contribution is 5.76. The van der Waals surface area contributed by atoms with Gasteiger partial charge in [-0.3, -0.25) is 0 Å². The Balaban J connectivity index is 1.85. The predicted molar refractivity (Wildman–Crippen MR) is 149 cm³/mol. The van der Waals surface area contributed by atoms with E-state index in [4.69, 9.17) is 23.9 Å². The molecule has 0 amide bonds. The monoisotopic (exact) mass is 536 g/mol. The molecule has 0 bridgehead atoms. The number of benzene rings is 3. The third kappa shape index (κ3) is 5.87. The Morgan fingerprint density at radius 1 is 0.974 bits per heavy atom. The summed E-state index contributed by atoms with van der Waals surface area (Å²) in [7, 11) is 4.80. The normalized spacial score (nSPS) is 20.7. The summed E-state index contributed by atoms with van der Waals surface area (Å²) in [6, 6.07) is 18.7. The summed E-state index contributed by atoms with van der Waals surface area (Å²) in [6.45, 7) is 6.35. The van der Waals surface area contributed by atoms with Crippen molar-refractivity contribution in [2.45, 2.75) is 51.6 Å². The molecule has 0 spiro atoms. The molecule has 0 aliphatic carbocycles. The number of aryl methyl sites for hydroxylation is 2. The summed E-state index contributed by atoms with van der Waals surface area (Å²) >= 11 is 0. The Labute approximate surface area is 229 Å². The van der Waals surface area contributed by atoms with Crippen LogP contribution in [0.3, 0.4) is 0 Å². The van der Waals surface area contributed by atoms with Crippen molar-refractivity contribution in [3.63, 3.8) is 0 Å². The summed E-state index contributed by atoms with van der Waals surface area (Å²) in [5, 5.41) is 10.3. The summed E-state index contributed by atoms with van der Waals surface area (Å²) < 4.78 is 38.3. The molecule has 0 fully saturated rings. The van der Waals surface area contributed by atoms with E-state index in [-0.39, 0.29) is 12.6 Å². The third-order valence-electron chi connectivity index (χ3n) is 7.31. The number of hydrogen-bond donors (Lipinski definition) is 1. The van der Waals surface area contributed by atoms with Crippen LogP contribution in [0.15, 0.2) is 65.7 Å². The van der Waals surface area contributed by atoms with Gasteiger partial charge < -0.3 is 29.0 Å². The van der Waals surface area contributed by atoms with Gasteiger partial charge in [0.1, 0.15) is 29.0 Å². The second-order valence-corrected chi connectivity index (χ2v) is 9.98. The number of aliphatic imine (C=N–C) groups is 1. The number of halogens is 1. The van der Waals surface area contributed by atoms with Crippen LogP contribution in [0.25, 0.3) is 0 Å². The quantitative estimate of drug-likeness (QED) is 0.408. The van der Waals surface area contributed by atoms with Gasteiger partial charge in [-0.25, -0.2) is 9.38 Å². The summed E-state index contributed by atoms with van der Waals surface area (Å²) in [5.74, 6) is 1.11. The average molecular weight is 537 g/mol.